The summed E-state index contributed by atoms with van der Waals surface area (Å²) >= 11 is 0. The first-order valence-corrected chi connectivity index (χ1v) is 5.98. The Balaban J connectivity index is 2.23. The molecule has 0 fully saturated rings. The summed E-state index contributed by atoms with van der Waals surface area (Å²) in [5.74, 6) is -0.790. The van der Waals surface area contributed by atoms with Crippen LogP contribution < -0.4 is 10.1 Å². The van der Waals surface area contributed by atoms with Crippen molar-refractivity contribution in [2.75, 3.05) is 11.9 Å². The Labute approximate surface area is 115 Å². The number of carbonyl (C=O) groups is 1. The molecule has 0 aliphatic carbocycles. The number of carbonyl (C=O) groups excluding carboxylic acids is 1. The fourth-order valence-corrected chi connectivity index (χ4v) is 1.62. The van der Waals surface area contributed by atoms with Crippen molar-refractivity contribution in [2.45, 2.75) is 6.92 Å². The lowest BCUT2D eigenvalue weighted by molar-refractivity contribution is 0.102. The molecule has 6 heteroatoms. The molecular weight excluding hydrogens is 263 g/mol. The van der Waals surface area contributed by atoms with Gasteiger partial charge in [-0.2, -0.15) is 0 Å². The highest BCUT2D eigenvalue weighted by molar-refractivity contribution is 6.05. The summed E-state index contributed by atoms with van der Waals surface area (Å²) in [5.41, 5.74) is 0.540. The summed E-state index contributed by atoms with van der Waals surface area (Å²) in [5, 5.41) is 11.9. The van der Waals surface area contributed by atoms with E-state index in [0.717, 1.165) is 0 Å². The van der Waals surface area contributed by atoms with Gasteiger partial charge in [-0.1, -0.05) is 0 Å². The van der Waals surface area contributed by atoms with Crippen molar-refractivity contribution in [3.05, 3.63) is 48.0 Å². The molecule has 1 heterocycles. The standard InChI is InChI=1S/C14H13FN2O3/c1-2-20-13-6-10(15)3-4-12(13)17-14(19)9-5-11(18)8-16-7-9/h3-8,18H,2H2,1H3,(H,17,19). The lowest BCUT2D eigenvalue weighted by atomic mass is 10.2. The molecule has 0 aliphatic rings. The molecular formula is C14H13FN2O3. The minimum atomic E-state index is -0.471. The normalized spacial score (nSPS) is 10.1. The Bertz CT molecular complexity index is 632. The van der Waals surface area contributed by atoms with Gasteiger partial charge in [-0.3, -0.25) is 9.78 Å². The second-order valence-corrected chi connectivity index (χ2v) is 3.96. The number of rotatable bonds is 4. The largest absolute Gasteiger partial charge is 0.506 e. The highest BCUT2D eigenvalue weighted by Gasteiger charge is 2.11. The van der Waals surface area contributed by atoms with Crippen molar-refractivity contribution >= 4 is 11.6 Å². The van der Waals surface area contributed by atoms with Crippen molar-refractivity contribution in [2.24, 2.45) is 0 Å². The van der Waals surface area contributed by atoms with Crippen LogP contribution in [0.2, 0.25) is 0 Å². The maximum absolute atomic E-state index is 13.1. The lowest BCUT2D eigenvalue weighted by Crippen LogP contribution is -2.13. The summed E-state index contributed by atoms with van der Waals surface area (Å²) in [7, 11) is 0. The minimum Gasteiger partial charge on any atom is -0.506 e. The van der Waals surface area contributed by atoms with Gasteiger partial charge in [0.2, 0.25) is 0 Å². The number of anilines is 1. The molecule has 0 radical (unpaired) electrons. The van der Waals surface area contributed by atoms with Crippen LogP contribution in [0.1, 0.15) is 17.3 Å². The van der Waals surface area contributed by atoms with Gasteiger partial charge in [0.15, 0.2) is 0 Å². The van der Waals surface area contributed by atoms with Gasteiger partial charge in [0, 0.05) is 12.3 Å². The van der Waals surface area contributed by atoms with Crippen molar-refractivity contribution in [1.29, 1.82) is 0 Å². The van der Waals surface area contributed by atoms with Crippen LogP contribution in [0.4, 0.5) is 10.1 Å². The molecule has 0 saturated heterocycles. The number of hydrogen-bond donors (Lipinski definition) is 2. The lowest BCUT2D eigenvalue weighted by Gasteiger charge is -2.11. The molecule has 2 N–H and O–H groups in total. The third kappa shape index (κ3) is 3.23. The van der Waals surface area contributed by atoms with Gasteiger partial charge >= 0.3 is 0 Å². The van der Waals surface area contributed by atoms with Crippen LogP contribution in [0.25, 0.3) is 0 Å². The Morgan fingerprint density at radius 1 is 1.40 bits per heavy atom. The van der Waals surface area contributed by atoms with E-state index in [4.69, 9.17) is 4.74 Å². The number of aromatic hydroxyl groups is 1. The van der Waals surface area contributed by atoms with Crippen LogP contribution in [0.5, 0.6) is 11.5 Å². The molecule has 104 valence electrons. The Hall–Kier alpha value is -2.63. The third-order valence-electron chi connectivity index (χ3n) is 2.48. The highest BCUT2D eigenvalue weighted by Crippen LogP contribution is 2.26. The molecule has 0 bridgehead atoms. The fraction of sp³-hybridized carbons (Fsp3) is 0.143. The van der Waals surface area contributed by atoms with Crippen LogP contribution >= 0.6 is 0 Å². The molecule has 0 aliphatic heterocycles. The second-order valence-electron chi connectivity index (χ2n) is 3.96. The number of pyridine rings is 1. The highest BCUT2D eigenvalue weighted by atomic mass is 19.1. The van der Waals surface area contributed by atoms with E-state index >= 15 is 0 Å². The molecule has 0 saturated carbocycles. The van der Waals surface area contributed by atoms with E-state index in [1.807, 2.05) is 0 Å². The Morgan fingerprint density at radius 3 is 2.90 bits per heavy atom. The zero-order chi connectivity index (χ0) is 14.5. The average molecular weight is 276 g/mol. The van der Waals surface area contributed by atoms with E-state index < -0.39 is 11.7 Å². The monoisotopic (exact) mass is 276 g/mol. The summed E-state index contributed by atoms with van der Waals surface area (Å²) in [4.78, 5) is 15.7. The number of nitrogens with zero attached hydrogens (tertiary/aromatic N) is 1. The van der Waals surface area contributed by atoms with Crippen molar-refractivity contribution < 1.29 is 19.0 Å². The molecule has 1 aromatic carbocycles. The predicted octanol–water partition coefficient (Wildman–Crippen LogP) is 2.58. The number of benzene rings is 1. The minimum absolute atomic E-state index is 0.109. The maximum Gasteiger partial charge on any atom is 0.257 e. The fourth-order valence-electron chi connectivity index (χ4n) is 1.62. The first-order valence-electron chi connectivity index (χ1n) is 5.98. The molecule has 0 atom stereocenters. The van der Waals surface area contributed by atoms with E-state index in [0.29, 0.717) is 12.3 Å². The maximum atomic E-state index is 13.1. The molecule has 0 unspecified atom stereocenters. The van der Waals surface area contributed by atoms with Crippen molar-refractivity contribution in [1.82, 2.24) is 4.98 Å². The first kappa shape index (κ1) is 13.8. The van der Waals surface area contributed by atoms with Gasteiger partial charge in [0.05, 0.1) is 24.1 Å². The molecule has 1 amide bonds. The number of amides is 1. The number of hydrogen-bond acceptors (Lipinski definition) is 4. The van der Waals surface area contributed by atoms with Crippen LogP contribution in [-0.2, 0) is 0 Å². The van der Waals surface area contributed by atoms with E-state index in [1.54, 1.807) is 6.92 Å². The van der Waals surface area contributed by atoms with Crippen LogP contribution in [0.15, 0.2) is 36.7 Å². The SMILES string of the molecule is CCOc1cc(F)ccc1NC(=O)c1cncc(O)c1. The van der Waals surface area contributed by atoms with Crippen LogP contribution in [0.3, 0.4) is 0 Å². The number of ether oxygens (including phenoxy) is 1. The molecule has 5 nitrogen and oxygen atoms in total. The third-order valence-corrected chi connectivity index (χ3v) is 2.48. The molecule has 20 heavy (non-hydrogen) atoms. The number of aromatic nitrogens is 1. The van der Waals surface area contributed by atoms with E-state index in [2.05, 4.69) is 10.3 Å². The van der Waals surface area contributed by atoms with Gasteiger partial charge in [-0.25, -0.2) is 4.39 Å². The van der Waals surface area contributed by atoms with E-state index in [1.165, 1.54) is 36.7 Å². The average Bonchev–Trinajstić information content (AvgIpc) is 2.42. The number of nitrogens with one attached hydrogen (secondary N) is 1. The van der Waals surface area contributed by atoms with Crippen molar-refractivity contribution in [3.63, 3.8) is 0 Å². The molecule has 2 aromatic rings. The summed E-state index contributed by atoms with van der Waals surface area (Å²) in [6, 6.07) is 5.11. The van der Waals surface area contributed by atoms with E-state index in [-0.39, 0.29) is 17.1 Å². The molecule has 0 spiro atoms. The topological polar surface area (TPSA) is 71.5 Å². The van der Waals surface area contributed by atoms with Crippen molar-refractivity contribution in [3.8, 4) is 11.5 Å². The van der Waals surface area contributed by atoms with Crippen LogP contribution in [0, 0.1) is 5.82 Å². The Kier molecular flexibility index (Phi) is 4.14. The summed E-state index contributed by atoms with van der Waals surface area (Å²) < 4.78 is 18.4. The summed E-state index contributed by atoms with van der Waals surface area (Å²) in [6.45, 7) is 2.11. The quantitative estimate of drug-likeness (QED) is 0.900. The second kappa shape index (κ2) is 6.01. The predicted molar refractivity (Wildman–Crippen MR) is 71.4 cm³/mol. The van der Waals surface area contributed by atoms with Gasteiger partial charge < -0.3 is 15.2 Å². The number of halogens is 1. The zero-order valence-electron chi connectivity index (χ0n) is 10.8. The Morgan fingerprint density at radius 2 is 2.20 bits per heavy atom. The van der Waals surface area contributed by atoms with Gasteiger partial charge in [0.25, 0.3) is 5.91 Å². The summed E-state index contributed by atoms with van der Waals surface area (Å²) in [6.07, 6.45) is 2.54. The smallest absolute Gasteiger partial charge is 0.257 e. The molecule has 1 aromatic heterocycles. The van der Waals surface area contributed by atoms with Gasteiger partial charge in [-0.05, 0) is 25.1 Å². The van der Waals surface area contributed by atoms with E-state index in [9.17, 15) is 14.3 Å². The molecule has 2 rings (SSSR count). The van der Waals surface area contributed by atoms with Gasteiger partial charge in [0.1, 0.15) is 17.3 Å². The first-order chi connectivity index (χ1) is 9.60. The van der Waals surface area contributed by atoms with Crippen LogP contribution in [-0.4, -0.2) is 22.6 Å². The zero-order valence-corrected chi connectivity index (χ0v) is 10.8. The van der Waals surface area contributed by atoms with Gasteiger partial charge in [-0.15, -0.1) is 0 Å².